The molecule has 0 amide bonds. The van der Waals surface area contributed by atoms with Crippen molar-refractivity contribution in [1.82, 2.24) is 0 Å². The number of aliphatic hydroxyl groups is 2. The molecule has 0 saturated heterocycles. The van der Waals surface area contributed by atoms with Crippen LogP contribution in [0.4, 0.5) is 0 Å². The molecule has 17 heavy (non-hydrogen) atoms. The molecule has 0 aliphatic carbocycles. The standard InChI is InChI=1S/C13H14O4/c14-11-8-4-7-10(17-11)13(16)12(15)9-5-2-1-3-6-9/h1-6,8,10,12-13,15-16H,7H2/t10-,12+,13-/m1/s1. The van der Waals surface area contributed by atoms with Gasteiger partial charge in [0.15, 0.2) is 0 Å². The molecule has 1 heterocycles. The molecule has 4 heteroatoms. The molecular weight excluding hydrogens is 220 g/mol. The number of hydrogen-bond acceptors (Lipinski definition) is 4. The van der Waals surface area contributed by atoms with E-state index in [-0.39, 0.29) is 0 Å². The molecular formula is C13H14O4. The van der Waals surface area contributed by atoms with Crippen LogP contribution in [0.25, 0.3) is 0 Å². The summed E-state index contributed by atoms with van der Waals surface area (Å²) < 4.78 is 4.95. The van der Waals surface area contributed by atoms with Crippen molar-refractivity contribution in [3.05, 3.63) is 48.0 Å². The molecule has 2 rings (SSSR count). The van der Waals surface area contributed by atoms with E-state index in [9.17, 15) is 15.0 Å². The molecule has 0 radical (unpaired) electrons. The number of hydrogen-bond donors (Lipinski definition) is 2. The summed E-state index contributed by atoms with van der Waals surface area (Å²) in [6.07, 6.45) is 0.501. The Morgan fingerprint density at radius 3 is 2.59 bits per heavy atom. The fourth-order valence-electron chi connectivity index (χ4n) is 1.79. The number of ether oxygens (including phenoxy) is 1. The van der Waals surface area contributed by atoms with Crippen LogP contribution in [-0.2, 0) is 9.53 Å². The lowest BCUT2D eigenvalue weighted by atomic mass is 9.98. The van der Waals surface area contributed by atoms with Crippen molar-refractivity contribution in [2.24, 2.45) is 0 Å². The maximum atomic E-state index is 11.0. The zero-order valence-corrected chi connectivity index (χ0v) is 9.19. The van der Waals surface area contributed by atoms with Crippen molar-refractivity contribution in [3.8, 4) is 0 Å². The van der Waals surface area contributed by atoms with Crippen molar-refractivity contribution in [3.63, 3.8) is 0 Å². The smallest absolute Gasteiger partial charge is 0.330 e. The molecule has 0 aromatic heterocycles. The molecule has 4 nitrogen and oxygen atoms in total. The summed E-state index contributed by atoms with van der Waals surface area (Å²) in [6.45, 7) is 0. The molecule has 0 fully saturated rings. The van der Waals surface area contributed by atoms with Crippen LogP contribution in [0.2, 0.25) is 0 Å². The average molecular weight is 234 g/mol. The maximum Gasteiger partial charge on any atom is 0.330 e. The SMILES string of the molecule is O=C1C=CC[C@H]([C@@H](O)[C@@H](O)c2ccccc2)O1. The Bertz CT molecular complexity index is 413. The van der Waals surface area contributed by atoms with Crippen LogP contribution in [0.3, 0.4) is 0 Å². The molecule has 1 aliphatic heterocycles. The zero-order valence-electron chi connectivity index (χ0n) is 9.19. The zero-order chi connectivity index (χ0) is 12.3. The molecule has 2 N–H and O–H groups in total. The van der Waals surface area contributed by atoms with E-state index in [0.29, 0.717) is 12.0 Å². The summed E-state index contributed by atoms with van der Waals surface area (Å²) in [5, 5.41) is 19.9. The minimum absolute atomic E-state index is 0.413. The van der Waals surface area contributed by atoms with Gasteiger partial charge in [0.05, 0.1) is 0 Å². The van der Waals surface area contributed by atoms with Gasteiger partial charge in [-0.15, -0.1) is 0 Å². The molecule has 90 valence electrons. The molecule has 1 aromatic carbocycles. The quantitative estimate of drug-likeness (QED) is 0.764. The molecule has 1 aromatic rings. The first-order chi connectivity index (χ1) is 8.18. The Morgan fingerprint density at radius 2 is 1.94 bits per heavy atom. The highest BCUT2D eigenvalue weighted by Crippen LogP contribution is 2.23. The lowest BCUT2D eigenvalue weighted by molar-refractivity contribution is -0.155. The van der Waals surface area contributed by atoms with Crippen LogP contribution in [0.15, 0.2) is 42.5 Å². The van der Waals surface area contributed by atoms with E-state index in [4.69, 9.17) is 4.74 Å². The average Bonchev–Trinajstić information content (AvgIpc) is 2.38. The van der Waals surface area contributed by atoms with E-state index in [0.717, 1.165) is 0 Å². The summed E-state index contributed by atoms with van der Waals surface area (Å²) in [7, 11) is 0. The van der Waals surface area contributed by atoms with Gasteiger partial charge in [0.2, 0.25) is 0 Å². The second-order valence-electron chi connectivity index (χ2n) is 3.96. The number of benzene rings is 1. The number of aliphatic hydroxyl groups excluding tert-OH is 2. The summed E-state index contributed by atoms with van der Waals surface area (Å²) in [4.78, 5) is 11.0. The number of esters is 1. The molecule has 0 spiro atoms. The van der Waals surface area contributed by atoms with Gasteiger partial charge in [-0.1, -0.05) is 36.4 Å². The molecule has 0 bridgehead atoms. The second-order valence-corrected chi connectivity index (χ2v) is 3.96. The highest BCUT2D eigenvalue weighted by atomic mass is 16.6. The maximum absolute atomic E-state index is 11.0. The molecule has 3 atom stereocenters. The highest BCUT2D eigenvalue weighted by molar-refractivity contribution is 5.82. The first kappa shape index (κ1) is 11.8. The lowest BCUT2D eigenvalue weighted by Crippen LogP contribution is -2.36. The minimum Gasteiger partial charge on any atom is -0.456 e. The summed E-state index contributed by atoms with van der Waals surface area (Å²) >= 11 is 0. The van der Waals surface area contributed by atoms with Crippen LogP contribution in [0.1, 0.15) is 18.1 Å². The van der Waals surface area contributed by atoms with E-state index in [1.807, 2.05) is 6.07 Å². The van der Waals surface area contributed by atoms with Gasteiger partial charge < -0.3 is 14.9 Å². The number of cyclic esters (lactones) is 1. The first-order valence-electron chi connectivity index (χ1n) is 5.46. The monoisotopic (exact) mass is 234 g/mol. The molecule has 0 saturated carbocycles. The van der Waals surface area contributed by atoms with Crippen molar-refractivity contribution in [1.29, 1.82) is 0 Å². The topological polar surface area (TPSA) is 66.8 Å². The highest BCUT2D eigenvalue weighted by Gasteiger charge is 2.30. The van der Waals surface area contributed by atoms with Crippen molar-refractivity contribution < 1.29 is 19.7 Å². The third-order valence-corrected chi connectivity index (χ3v) is 2.74. The van der Waals surface area contributed by atoms with Crippen LogP contribution < -0.4 is 0 Å². The fraction of sp³-hybridized carbons (Fsp3) is 0.308. The fourth-order valence-corrected chi connectivity index (χ4v) is 1.79. The Labute approximate surface area is 99.2 Å². The van der Waals surface area contributed by atoms with Crippen molar-refractivity contribution in [2.75, 3.05) is 0 Å². The van der Waals surface area contributed by atoms with Gasteiger partial charge in [0, 0.05) is 12.5 Å². The van der Waals surface area contributed by atoms with Crippen LogP contribution in [0.5, 0.6) is 0 Å². The lowest BCUT2D eigenvalue weighted by Gasteiger charge is -2.27. The number of carbonyl (C=O) groups excluding carboxylic acids is 1. The Morgan fingerprint density at radius 1 is 1.24 bits per heavy atom. The second kappa shape index (κ2) is 5.12. The first-order valence-corrected chi connectivity index (χ1v) is 5.46. The van der Waals surface area contributed by atoms with Gasteiger partial charge in [-0.05, 0) is 5.56 Å². The summed E-state index contributed by atoms with van der Waals surface area (Å²) in [5.41, 5.74) is 0.602. The third kappa shape index (κ3) is 2.72. The van der Waals surface area contributed by atoms with Gasteiger partial charge >= 0.3 is 5.97 Å². The predicted octanol–water partition coefficient (Wildman–Crippen LogP) is 0.953. The van der Waals surface area contributed by atoms with Crippen LogP contribution >= 0.6 is 0 Å². The Balaban J connectivity index is 2.07. The van der Waals surface area contributed by atoms with E-state index in [1.54, 1.807) is 30.3 Å². The normalized spacial score (nSPS) is 22.9. The van der Waals surface area contributed by atoms with Gasteiger partial charge in [0.1, 0.15) is 18.3 Å². The summed E-state index contributed by atoms with van der Waals surface area (Å²) in [5.74, 6) is -0.486. The van der Waals surface area contributed by atoms with Crippen LogP contribution in [-0.4, -0.2) is 28.4 Å². The van der Waals surface area contributed by atoms with Crippen LogP contribution in [0, 0.1) is 0 Å². The van der Waals surface area contributed by atoms with Gasteiger partial charge in [0.25, 0.3) is 0 Å². The Hall–Kier alpha value is -1.65. The van der Waals surface area contributed by atoms with Crippen molar-refractivity contribution in [2.45, 2.75) is 24.7 Å². The molecule has 1 aliphatic rings. The van der Waals surface area contributed by atoms with E-state index in [1.165, 1.54) is 6.08 Å². The van der Waals surface area contributed by atoms with Gasteiger partial charge in [-0.2, -0.15) is 0 Å². The Kier molecular flexibility index (Phi) is 3.56. The molecule has 0 unspecified atom stereocenters. The van der Waals surface area contributed by atoms with Gasteiger partial charge in [-0.3, -0.25) is 0 Å². The number of rotatable bonds is 3. The summed E-state index contributed by atoms with van der Waals surface area (Å²) in [6, 6.07) is 8.81. The van der Waals surface area contributed by atoms with E-state index < -0.39 is 24.3 Å². The van der Waals surface area contributed by atoms with Crippen molar-refractivity contribution >= 4 is 5.97 Å². The van der Waals surface area contributed by atoms with E-state index >= 15 is 0 Å². The van der Waals surface area contributed by atoms with Gasteiger partial charge in [-0.25, -0.2) is 4.79 Å². The largest absolute Gasteiger partial charge is 0.456 e. The third-order valence-electron chi connectivity index (χ3n) is 2.74. The number of carbonyl (C=O) groups is 1. The predicted molar refractivity (Wildman–Crippen MR) is 61.0 cm³/mol. The van der Waals surface area contributed by atoms with E-state index in [2.05, 4.69) is 0 Å². The minimum atomic E-state index is -1.12.